The maximum atomic E-state index is 11.5. The number of hydrogen-bond acceptors (Lipinski definition) is 8. The van der Waals surface area contributed by atoms with E-state index in [-0.39, 0.29) is 13.1 Å². The average molecular weight is 740 g/mol. The monoisotopic (exact) mass is 738 g/mol. The van der Waals surface area contributed by atoms with Crippen molar-refractivity contribution in [2.24, 2.45) is 0 Å². The summed E-state index contributed by atoms with van der Waals surface area (Å²) in [6.45, 7) is 11.8. The van der Waals surface area contributed by atoms with Gasteiger partial charge in [-0.3, -0.25) is 9.80 Å². The SMILES string of the molecule is CN(C)c1nc2cc(CN(C(=O)O)C(C)(C)C)cc(Br)c2o1.CN(C)c1nc2cc(CN(C(=O)O)C(C)(C)C)cc(Br)c2o1. The van der Waals surface area contributed by atoms with Crippen LogP contribution in [-0.4, -0.2) is 81.4 Å². The van der Waals surface area contributed by atoms with Gasteiger partial charge in [-0.2, -0.15) is 9.97 Å². The Hall–Kier alpha value is -3.52. The summed E-state index contributed by atoms with van der Waals surface area (Å²) >= 11 is 6.94. The van der Waals surface area contributed by atoms with Crippen LogP contribution in [0.2, 0.25) is 0 Å². The normalized spacial score (nSPS) is 11.7. The average Bonchev–Trinajstić information content (AvgIpc) is 3.50. The van der Waals surface area contributed by atoms with Gasteiger partial charge in [0.25, 0.3) is 12.0 Å². The Balaban J connectivity index is 0.000000240. The number of aromatic nitrogens is 2. The van der Waals surface area contributed by atoms with Crippen LogP contribution in [0.15, 0.2) is 42.0 Å². The second kappa shape index (κ2) is 13.2. The molecule has 0 saturated carbocycles. The second-order valence-electron chi connectivity index (χ2n) is 12.7. The molecule has 2 heterocycles. The van der Waals surface area contributed by atoms with Crippen LogP contribution in [0.3, 0.4) is 0 Å². The van der Waals surface area contributed by atoms with E-state index in [0.29, 0.717) is 34.2 Å². The maximum absolute atomic E-state index is 11.5. The van der Waals surface area contributed by atoms with Crippen LogP contribution < -0.4 is 9.80 Å². The van der Waals surface area contributed by atoms with Crippen LogP contribution in [-0.2, 0) is 13.1 Å². The number of rotatable bonds is 6. The van der Waals surface area contributed by atoms with Gasteiger partial charge in [0.15, 0.2) is 11.2 Å². The molecular weight excluding hydrogens is 700 g/mol. The zero-order valence-electron chi connectivity index (χ0n) is 26.7. The molecule has 0 radical (unpaired) electrons. The Labute approximate surface area is 273 Å². The van der Waals surface area contributed by atoms with Crippen LogP contribution in [0.5, 0.6) is 0 Å². The van der Waals surface area contributed by atoms with Gasteiger partial charge in [-0.15, -0.1) is 0 Å². The Kier molecular flexibility index (Phi) is 10.5. The van der Waals surface area contributed by atoms with E-state index in [9.17, 15) is 19.8 Å². The van der Waals surface area contributed by atoms with Crippen molar-refractivity contribution in [2.75, 3.05) is 38.0 Å². The number of carbonyl (C=O) groups is 2. The molecule has 2 N–H and O–H groups in total. The van der Waals surface area contributed by atoms with E-state index in [1.54, 1.807) is 9.80 Å². The van der Waals surface area contributed by atoms with Gasteiger partial charge >= 0.3 is 12.2 Å². The number of anilines is 2. The Morgan fingerprint density at radius 1 is 0.682 bits per heavy atom. The van der Waals surface area contributed by atoms with Crippen molar-refractivity contribution in [3.05, 3.63) is 44.3 Å². The van der Waals surface area contributed by atoms with Crippen molar-refractivity contribution in [3.63, 3.8) is 0 Å². The first-order valence-corrected chi connectivity index (χ1v) is 15.3. The molecule has 0 fully saturated rings. The molecule has 4 rings (SSSR count). The molecule has 0 atom stereocenters. The molecule has 0 spiro atoms. The minimum absolute atomic E-state index is 0.289. The van der Waals surface area contributed by atoms with E-state index in [1.807, 2.05) is 94.0 Å². The number of nitrogens with zero attached hydrogens (tertiary/aromatic N) is 6. The zero-order valence-corrected chi connectivity index (χ0v) is 29.9. The highest BCUT2D eigenvalue weighted by molar-refractivity contribution is 9.11. The molecule has 0 aliphatic rings. The largest absolute Gasteiger partial charge is 0.465 e. The van der Waals surface area contributed by atoms with Crippen molar-refractivity contribution < 1.29 is 28.6 Å². The molecule has 0 aliphatic carbocycles. The van der Waals surface area contributed by atoms with Gasteiger partial charge in [0, 0.05) is 52.4 Å². The highest BCUT2D eigenvalue weighted by Crippen LogP contribution is 2.32. The first kappa shape index (κ1) is 35.0. The maximum Gasteiger partial charge on any atom is 0.408 e. The molecule has 0 aliphatic heterocycles. The molecule has 0 unspecified atom stereocenters. The van der Waals surface area contributed by atoms with Crippen molar-refractivity contribution >= 4 is 78.3 Å². The van der Waals surface area contributed by atoms with Crippen LogP contribution in [0.1, 0.15) is 52.7 Å². The Morgan fingerprint density at radius 3 is 1.25 bits per heavy atom. The summed E-state index contributed by atoms with van der Waals surface area (Å²) in [6, 6.07) is 8.48. The van der Waals surface area contributed by atoms with E-state index < -0.39 is 23.3 Å². The van der Waals surface area contributed by atoms with Crippen molar-refractivity contribution in [3.8, 4) is 0 Å². The van der Waals surface area contributed by atoms with Gasteiger partial charge in [0.05, 0.1) is 8.95 Å². The van der Waals surface area contributed by atoms with Crippen molar-refractivity contribution in [1.29, 1.82) is 0 Å². The lowest BCUT2D eigenvalue weighted by molar-refractivity contribution is 0.0944. The van der Waals surface area contributed by atoms with Gasteiger partial charge in [-0.1, -0.05) is 0 Å². The number of carboxylic acid groups (broad SMARTS) is 2. The molecule has 2 aromatic heterocycles. The first-order chi connectivity index (χ1) is 20.2. The van der Waals surface area contributed by atoms with Gasteiger partial charge in [-0.25, -0.2) is 9.59 Å². The fourth-order valence-corrected chi connectivity index (χ4v) is 5.34. The third kappa shape index (κ3) is 8.35. The standard InChI is InChI=1S/2C15H20BrN3O3/c2*1-15(2,3)19(14(20)21)8-9-6-10(16)12-11(7-9)17-13(22-12)18(4)5/h2*6-7H,8H2,1-5H3,(H,20,21). The van der Waals surface area contributed by atoms with Gasteiger partial charge in [-0.05, 0) is 109 Å². The number of halogens is 2. The third-order valence-electron chi connectivity index (χ3n) is 6.51. The first-order valence-electron chi connectivity index (χ1n) is 13.7. The summed E-state index contributed by atoms with van der Waals surface area (Å²) < 4.78 is 12.9. The Morgan fingerprint density at radius 2 is 1.00 bits per heavy atom. The molecule has 12 nitrogen and oxygen atoms in total. The minimum atomic E-state index is -0.946. The second-order valence-corrected chi connectivity index (χ2v) is 14.4. The summed E-state index contributed by atoms with van der Waals surface area (Å²) in [6.07, 6.45) is -1.89. The van der Waals surface area contributed by atoms with Gasteiger partial charge in [0.2, 0.25) is 0 Å². The molecule has 2 aromatic carbocycles. The number of hydrogen-bond donors (Lipinski definition) is 2. The topological polar surface area (TPSA) is 140 Å². The van der Waals surface area contributed by atoms with Crippen LogP contribution in [0.4, 0.5) is 21.6 Å². The lowest BCUT2D eigenvalue weighted by Crippen LogP contribution is -2.44. The number of oxazole rings is 2. The summed E-state index contributed by atoms with van der Waals surface area (Å²) in [4.78, 5) is 38.1. The van der Waals surface area contributed by atoms with Gasteiger partial charge in [0.1, 0.15) is 11.0 Å². The summed E-state index contributed by atoms with van der Waals surface area (Å²) in [5, 5.41) is 18.8. The van der Waals surface area contributed by atoms with E-state index in [4.69, 9.17) is 8.83 Å². The van der Waals surface area contributed by atoms with Crippen LogP contribution in [0.25, 0.3) is 22.2 Å². The smallest absolute Gasteiger partial charge is 0.408 e. The van der Waals surface area contributed by atoms with E-state index >= 15 is 0 Å². The fourth-order valence-electron chi connectivity index (χ4n) is 4.18. The molecular formula is C30H40Br2N6O6. The molecule has 44 heavy (non-hydrogen) atoms. The molecule has 240 valence electrons. The number of fused-ring (bicyclic) bond motifs is 2. The van der Waals surface area contributed by atoms with Crippen molar-refractivity contribution in [1.82, 2.24) is 19.8 Å². The van der Waals surface area contributed by atoms with Crippen LogP contribution in [0, 0.1) is 0 Å². The summed E-state index contributed by atoms with van der Waals surface area (Å²) in [7, 11) is 7.41. The predicted molar refractivity (Wildman–Crippen MR) is 179 cm³/mol. The lowest BCUT2D eigenvalue weighted by Gasteiger charge is -2.33. The fraction of sp³-hybridized carbons (Fsp3) is 0.467. The van der Waals surface area contributed by atoms with E-state index in [0.717, 1.165) is 20.1 Å². The molecule has 4 aromatic rings. The summed E-state index contributed by atoms with van der Waals surface area (Å²) in [5.41, 5.74) is 3.47. The molecule has 14 heteroatoms. The molecule has 0 bridgehead atoms. The van der Waals surface area contributed by atoms with E-state index in [2.05, 4.69) is 41.8 Å². The van der Waals surface area contributed by atoms with E-state index in [1.165, 1.54) is 9.80 Å². The lowest BCUT2D eigenvalue weighted by atomic mass is 10.1. The highest BCUT2D eigenvalue weighted by Gasteiger charge is 2.28. The quantitative estimate of drug-likeness (QED) is 0.201. The summed E-state index contributed by atoms with van der Waals surface area (Å²) in [5.74, 6) is 0. The molecule has 0 saturated heterocycles. The van der Waals surface area contributed by atoms with Crippen molar-refractivity contribution in [2.45, 2.75) is 65.7 Å². The molecule has 2 amide bonds. The van der Waals surface area contributed by atoms with Crippen LogP contribution >= 0.6 is 31.9 Å². The minimum Gasteiger partial charge on any atom is -0.465 e. The third-order valence-corrected chi connectivity index (χ3v) is 7.69. The number of amides is 2. The Bertz CT molecular complexity index is 1530. The highest BCUT2D eigenvalue weighted by atomic mass is 79.9. The van der Waals surface area contributed by atoms with Gasteiger partial charge < -0.3 is 28.8 Å². The predicted octanol–water partition coefficient (Wildman–Crippen LogP) is 7.87. The number of benzene rings is 2. The zero-order chi connectivity index (χ0) is 33.3.